The Labute approximate surface area is 175 Å². The molecule has 2 aromatic heterocycles. The number of aromatic amines is 1. The highest BCUT2D eigenvalue weighted by atomic mass is 32.2. The van der Waals surface area contributed by atoms with Gasteiger partial charge in [0.25, 0.3) is 5.91 Å². The number of hydrogen-bond acceptors (Lipinski definition) is 6. The number of anilines is 1. The Kier molecular flexibility index (Phi) is 4.80. The number of nitrogens with one attached hydrogen (secondary N) is 3. The second-order valence-electron chi connectivity index (χ2n) is 7.12. The Hall–Kier alpha value is -3.46. The number of nitrogens with zero attached hydrogens (tertiary/aromatic N) is 3. The molecule has 1 saturated carbocycles. The van der Waals surface area contributed by atoms with Crippen LogP contribution in [0.1, 0.15) is 23.2 Å². The van der Waals surface area contributed by atoms with E-state index in [-0.39, 0.29) is 17.6 Å². The maximum atomic E-state index is 12.3. The van der Waals surface area contributed by atoms with Crippen molar-refractivity contribution in [2.75, 3.05) is 11.1 Å². The Morgan fingerprint density at radius 1 is 1.07 bits per heavy atom. The van der Waals surface area contributed by atoms with E-state index in [1.54, 1.807) is 24.3 Å². The summed E-state index contributed by atoms with van der Waals surface area (Å²) in [5, 5.41) is 15.5. The molecule has 30 heavy (non-hydrogen) atoms. The van der Waals surface area contributed by atoms with Gasteiger partial charge in [0.15, 0.2) is 5.65 Å². The third-order valence-corrected chi connectivity index (χ3v) is 5.62. The van der Waals surface area contributed by atoms with Gasteiger partial charge in [-0.2, -0.15) is 0 Å². The van der Waals surface area contributed by atoms with Crippen molar-refractivity contribution in [2.24, 2.45) is 0 Å². The number of aromatic nitrogens is 4. The molecule has 0 aliphatic heterocycles. The van der Waals surface area contributed by atoms with Gasteiger partial charge in [-0.1, -0.05) is 30.0 Å². The summed E-state index contributed by atoms with van der Waals surface area (Å²) in [5.74, 6) is -0.115. The maximum Gasteiger partial charge on any atom is 0.251 e. The van der Waals surface area contributed by atoms with Crippen LogP contribution in [-0.4, -0.2) is 43.8 Å². The van der Waals surface area contributed by atoms with Crippen LogP contribution in [0.25, 0.3) is 22.1 Å². The molecule has 9 heteroatoms. The van der Waals surface area contributed by atoms with Crippen LogP contribution in [0.4, 0.5) is 5.69 Å². The van der Waals surface area contributed by atoms with E-state index < -0.39 is 0 Å². The number of carbonyl (C=O) groups excluding carboxylic acids is 2. The lowest BCUT2D eigenvalue weighted by atomic mass is 10.2. The van der Waals surface area contributed by atoms with Crippen molar-refractivity contribution < 1.29 is 9.59 Å². The third-order valence-electron chi connectivity index (χ3n) is 4.78. The molecule has 1 fully saturated rings. The summed E-state index contributed by atoms with van der Waals surface area (Å²) < 4.78 is 0. The van der Waals surface area contributed by atoms with Crippen LogP contribution in [0.2, 0.25) is 0 Å². The summed E-state index contributed by atoms with van der Waals surface area (Å²) in [7, 11) is 0. The highest BCUT2D eigenvalue weighted by molar-refractivity contribution is 7.99. The average molecular weight is 418 g/mol. The molecule has 5 rings (SSSR count). The van der Waals surface area contributed by atoms with Gasteiger partial charge >= 0.3 is 0 Å². The quantitative estimate of drug-likeness (QED) is 0.415. The molecule has 4 aromatic rings. The zero-order chi connectivity index (χ0) is 20.5. The molecule has 2 amide bonds. The van der Waals surface area contributed by atoms with E-state index in [4.69, 9.17) is 0 Å². The molecule has 0 saturated heterocycles. The summed E-state index contributed by atoms with van der Waals surface area (Å²) in [6.45, 7) is 0. The molecule has 0 unspecified atom stereocenters. The SMILES string of the molecule is O=C(CSc1nnc2c(n1)[nH]c1ccccc12)Nc1ccc(C(=O)NC2CC2)cc1. The summed E-state index contributed by atoms with van der Waals surface area (Å²) >= 11 is 1.21. The van der Waals surface area contributed by atoms with Gasteiger partial charge in [-0.05, 0) is 43.2 Å². The van der Waals surface area contributed by atoms with E-state index in [2.05, 4.69) is 30.8 Å². The van der Waals surface area contributed by atoms with Crippen molar-refractivity contribution in [1.82, 2.24) is 25.5 Å². The van der Waals surface area contributed by atoms with Crippen molar-refractivity contribution in [1.29, 1.82) is 0 Å². The summed E-state index contributed by atoms with van der Waals surface area (Å²) in [4.78, 5) is 32.0. The van der Waals surface area contributed by atoms with Crippen LogP contribution in [0.15, 0.2) is 53.7 Å². The number of fused-ring (bicyclic) bond motifs is 3. The first-order valence-corrected chi connectivity index (χ1v) is 10.6. The van der Waals surface area contributed by atoms with Gasteiger partial charge in [-0.3, -0.25) is 9.59 Å². The third kappa shape index (κ3) is 3.97. The van der Waals surface area contributed by atoms with E-state index in [0.717, 1.165) is 23.7 Å². The second kappa shape index (κ2) is 7.75. The van der Waals surface area contributed by atoms with Crippen LogP contribution in [0.5, 0.6) is 0 Å². The number of carbonyl (C=O) groups is 2. The van der Waals surface area contributed by atoms with Crippen LogP contribution in [0.3, 0.4) is 0 Å². The van der Waals surface area contributed by atoms with Gasteiger partial charge < -0.3 is 15.6 Å². The van der Waals surface area contributed by atoms with E-state index in [0.29, 0.717) is 33.6 Å². The standard InChI is InChI=1S/C21H18N6O2S/c28-17(22-13-7-5-12(6-8-13)20(29)23-14-9-10-14)11-30-21-25-19-18(26-27-21)15-3-1-2-4-16(15)24-19/h1-8,14H,9-11H2,(H,22,28)(H,23,29)(H,24,25,27). The lowest BCUT2D eigenvalue weighted by molar-refractivity contribution is -0.113. The number of benzene rings is 2. The number of thioether (sulfide) groups is 1. The number of para-hydroxylation sites is 1. The number of amides is 2. The second-order valence-corrected chi connectivity index (χ2v) is 8.07. The molecule has 1 aliphatic carbocycles. The van der Waals surface area contributed by atoms with E-state index in [9.17, 15) is 9.59 Å². The van der Waals surface area contributed by atoms with Crippen LogP contribution in [-0.2, 0) is 4.79 Å². The molecular formula is C21H18N6O2S. The van der Waals surface area contributed by atoms with E-state index in [1.165, 1.54) is 11.8 Å². The van der Waals surface area contributed by atoms with Gasteiger partial charge in [0.1, 0.15) is 5.52 Å². The molecule has 8 nitrogen and oxygen atoms in total. The fourth-order valence-corrected chi connectivity index (χ4v) is 3.68. The van der Waals surface area contributed by atoms with Crippen molar-refractivity contribution >= 4 is 51.3 Å². The molecule has 2 aromatic carbocycles. The lowest BCUT2D eigenvalue weighted by Gasteiger charge is -2.07. The zero-order valence-corrected chi connectivity index (χ0v) is 16.7. The Bertz CT molecular complexity index is 1250. The molecule has 0 radical (unpaired) electrons. The number of H-pyrrole nitrogens is 1. The minimum absolute atomic E-state index is 0.0806. The lowest BCUT2D eigenvalue weighted by Crippen LogP contribution is -2.25. The van der Waals surface area contributed by atoms with Crippen molar-refractivity contribution in [3.8, 4) is 0 Å². The fourth-order valence-electron chi connectivity index (χ4n) is 3.10. The Morgan fingerprint density at radius 2 is 1.87 bits per heavy atom. The molecule has 0 bridgehead atoms. The summed E-state index contributed by atoms with van der Waals surface area (Å²) in [6.07, 6.45) is 2.09. The minimum atomic E-state index is -0.185. The van der Waals surface area contributed by atoms with Gasteiger partial charge in [0, 0.05) is 28.2 Å². The predicted octanol–water partition coefficient (Wildman–Crippen LogP) is 3.13. The first kappa shape index (κ1) is 18.6. The van der Waals surface area contributed by atoms with E-state index in [1.807, 2.05) is 24.3 Å². The van der Waals surface area contributed by atoms with E-state index >= 15 is 0 Å². The minimum Gasteiger partial charge on any atom is -0.349 e. The van der Waals surface area contributed by atoms with Crippen molar-refractivity contribution in [2.45, 2.75) is 24.0 Å². The summed E-state index contributed by atoms with van der Waals surface area (Å²) in [6, 6.07) is 15.0. The highest BCUT2D eigenvalue weighted by Gasteiger charge is 2.23. The molecule has 1 aliphatic rings. The predicted molar refractivity (Wildman–Crippen MR) is 115 cm³/mol. The average Bonchev–Trinajstić information content (AvgIpc) is 3.50. The largest absolute Gasteiger partial charge is 0.349 e. The monoisotopic (exact) mass is 418 g/mol. The molecule has 0 spiro atoms. The Morgan fingerprint density at radius 3 is 2.67 bits per heavy atom. The smallest absolute Gasteiger partial charge is 0.251 e. The number of hydrogen-bond donors (Lipinski definition) is 3. The van der Waals surface area contributed by atoms with Crippen LogP contribution >= 0.6 is 11.8 Å². The molecule has 0 atom stereocenters. The first-order chi connectivity index (χ1) is 14.7. The zero-order valence-electron chi connectivity index (χ0n) is 15.9. The van der Waals surface area contributed by atoms with Gasteiger partial charge in [-0.25, -0.2) is 4.98 Å². The molecule has 2 heterocycles. The molecule has 3 N–H and O–H groups in total. The van der Waals surface area contributed by atoms with Gasteiger partial charge in [0.05, 0.1) is 5.75 Å². The molecule has 150 valence electrons. The topological polar surface area (TPSA) is 113 Å². The maximum absolute atomic E-state index is 12.3. The van der Waals surface area contributed by atoms with Crippen LogP contribution < -0.4 is 10.6 Å². The number of rotatable bonds is 6. The van der Waals surface area contributed by atoms with Crippen LogP contribution in [0, 0.1) is 0 Å². The Balaban J connectivity index is 1.19. The van der Waals surface area contributed by atoms with Crippen molar-refractivity contribution in [3.05, 3.63) is 54.1 Å². The first-order valence-electron chi connectivity index (χ1n) is 9.60. The molecular weight excluding hydrogens is 400 g/mol. The summed E-state index contributed by atoms with van der Waals surface area (Å²) in [5.41, 5.74) is 3.52. The van der Waals surface area contributed by atoms with Gasteiger partial charge in [-0.15, -0.1) is 10.2 Å². The fraction of sp³-hybridized carbons (Fsp3) is 0.190. The van der Waals surface area contributed by atoms with Gasteiger partial charge in [0.2, 0.25) is 11.1 Å². The normalized spacial score (nSPS) is 13.5. The highest BCUT2D eigenvalue weighted by Crippen LogP contribution is 2.23. The van der Waals surface area contributed by atoms with Crippen molar-refractivity contribution in [3.63, 3.8) is 0 Å².